The molecule has 38 heavy (non-hydrogen) atoms. The number of methoxy groups -OCH3 is 1. The molecule has 0 spiro atoms. The lowest BCUT2D eigenvalue weighted by Crippen LogP contribution is -2.32. The number of anilines is 2. The maximum Gasteiger partial charge on any atom is 0.266 e. The molecule has 0 fully saturated rings. The van der Waals surface area contributed by atoms with Gasteiger partial charge in [0.1, 0.15) is 10.6 Å². The van der Waals surface area contributed by atoms with E-state index < -0.39 is 26.0 Å². The minimum Gasteiger partial charge on any atom is -0.495 e. The summed E-state index contributed by atoms with van der Waals surface area (Å²) in [4.78, 5) is 12.8. The van der Waals surface area contributed by atoms with Gasteiger partial charge in [0.25, 0.3) is 15.9 Å². The number of ether oxygens (including phenoxy) is 1. The van der Waals surface area contributed by atoms with Crippen molar-refractivity contribution < 1.29 is 26.4 Å². The number of rotatable bonds is 10. The average molecular weight is 599 g/mol. The second-order valence-corrected chi connectivity index (χ2v) is 12.8. The first-order valence-electron chi connectivity index (χ1n) is 10.9. The molecule has 3 rings (SSSR count). The number of sulfonamides is 2. The number of hydrogen-bond acceptors (Lipinski definition) is 6. The van der Waals surface area contributed by atoms with Gasteiger partial charge in [-0.05, 0) is 48.5 Å². The van der Waals surface area contributed by atoms with E-state index in [4.69, 9.17) is 27.9 Å². The average Bonchev–Trinajstić information content (AvgIpc) is 2.87. The summed E-state index contributed by atoms with van der Waals surface area (Å²) in [5.74, 6) is -0.516. The molecule has 0 unspecified atom stereocenters. The monoisotopic (exact) mass is 597 g/mol. The molecule has 9 nitrogen and oxygen atoms in total. The van der Waals surface area contributed by atoms with Gasteiger partial charge in [-0.2, -0.15) is 0 Å². The fraction of sp³-hybridized carbons (Fsp3) is 0.160. The highest BCUT2D eigenvalue weighted by Gasteiger charge is 2.29. The molecular weight excluding hydrogens is 573 g/mol. The van der Waals surface area contributed by atoms with Gasteiger partial charge in [0.2, 0.25) is 10.0 Å². The molecule has 0 atom stereocenters. The summed E-state index contributed by atoms with van der Waals surface area (Å²) in [5.41, 5.74) is 0.237. The van der Waals surface area contributed by atoms with Crippen LogP contribution < -0.4 is 14.4 Å². The molecule has 0 heterocycles. The number of carbonyl (C=O) groups is 1. The molecule has 0 radical (unpaired) electrons. The lowest BCUT2D eigenvalue weighted by molar-refractivity contribution is 0.102. The van der Waals surface area contributed by atoms with Gasteiger partial charge in [0, 0.05) is 19.7 Å². The van der Waals surface area contributed by atoms with Gasteiger partial charge in [-0.3, -0.25) is 9.10 Å². The van der Waals surface area contributed by atoms with E-state index in [0.29, 0.717) is 0 Å². The Balaban J connectivity index is 2.04. The smallest absolute Gasteiger partial charge is 0.266 e. The van der Waals surface area contributed by atoms with Crippen molar-refractivity contribution in [3.8, 4) is 5.75 Å². The lowest BCUT2D eigenvalue weighted by atomic mass is 10.2. The summed E-state index contributed by atoms with van der Waals surface area (Å²) in [5, 5.41) is 2.67. The summed E-state index contributed by atoms with van der Waals surface area (Å²) in [6, 6.07) is 14.1. The number of carbonyl (C=O) groups excluding carboxylic acids is 1. The van der Waals surface area contributed by atoms with Crippen molar-refractivity contribution in [1.82, 2.24) is 4.31 Å². The highest BCUT2D eigenvalue weighted by Crippen LogP contribution is 2.34. The summed E-state index contributed by atoms with van der Waals surface area (Å²) in [6.45, 7) is 3.52. The van der Waals surface area contributed by atoms with Crippen molar-refractivity contribution in [2.45, 2.75) is 9.79 Å². The fourth-order valence-electron chi connectivity index (χ4n) is 3.41. The molecule has 0 saturated heterocycles. The van der Waals surface area contributed by atoms with E-state index >= 15 is 0 Å². The third kappa shape index (κ3) is 5.97. The number of nitrogens with zero attached hydrogens (tertiary/aromatic N) is 2. The van der Waals surface area contributed by atoms with E-state index in [1.807, 2.05) is 0 Å². The van der Waals surface area contributed by atoms with E-state index in [0.717, 1.165) is 14.7 Å². The zero-order chi connectivity index (χ0) is 28.3. The van der Waals surface area contributed by atoms with Crippen molar-refractivity contribution >= 4 is 60.5 Å². The Labute approximate surface area is 232 Å². The number of nitrogens with one attached hydrogen (secondary N) is 1. The van der Waals surface area contributed by atoms with Crippen LogP contribution in [0.4, 0.5) is 11.4 Å². The Morgan fingerprint density at radius 3 is 2.26 bits per heavy atom. The third-order valence-corrected chi connectivity index (χ3v) is 9.77. The minimum absolute atomic E-state index is 0.0476. The fourth-order valence-corrected chi connectivity index (χ4v) is 6.58. The topological polar surface area (TPSA) is 113 Å². The van der Waals surface area contributed by atoms with Crippen molar-refractivity contribution in [3.63, 3.8) is 0 Å². The predicted octanol–water partition coefficient (Wildman–Crippen LogP) is 4.89. The molecule has 1 N–H and O–H groups in total. The van der Waals surface area contributed by atoms with Gasteiger partial charge >= 0.3 is 0 Å². The van der Waals surface area contributed by atoms with Crippen LogP contribution in [0.5, 0.6) is 5.75 Å². The van der Waals surface area contributed by atoms with Gasteiger partial charge in [0.05, 0.1) is 40.0 Å². The molecule has 202 valence electrons. The first-order valence-corrected chi connectivity index (χ1v) is 14.6. The number of hydrogen-bond donors (Lipinski definition) is 1. The van der Waals surface area contributed by atoms with Crippen molar-refractivity contribution in [3.05, 3.63) is 88.9 Å². The number of halogens is 2. The number of benzene rings is 3. The molecule has 3 aromatic rings. The number of para-hydroxylation sites is 1. The maximum atomic E-state index is 13.7. The minimum atomic E-state index is -4.29. The first-order chi connectivity index (χ1) is 17.8. The second kappa shape index (κ2) is 11.7. The Bertz CT molecular complexity index is 1590. The van der Waals surface area contributed by atoms with Gasteiger partial charge in [0.15, 0.2) is 0 Å². The summed E-state index contributed by atoms with van der Waals surface area (Å²) in [6.07, 6.45) is 1.40. The zero-order valence-corrected chi connectivity index (χ0v) is 23.8. The molecule has 0 bridgehead atoms. The van der Waals surface area contributed by atoms with Crippen molar-refractivity contribution in [2.24, 2.45) is 0 Å². The van der Waals surface area contributed by atoms with Crippen LogP contribution in [0.15, 0.2) is 83.1 Å². The lowest BCUT2D eigenvalue weighted by Gasteiger charge is -2.24. The summed E-state index contributed by atoms with van der Waals surface area (Å²) >= 11 is 12.5. The van der Waals surface area contributed by atoms with E-state index in [9.17, 15) is 21.6 Å². The van der Waals surface area contributed by atoms with Crippen molar-refractivity contribution in [1.29, 1.82) is 0 Å². The van der Waals surface area contributed by atoms with Gasteiger partial charge in [-0.25, -0.2) is 21.1 Å². The zero-order valence-electron chi connectivity index (χ0n) is 20.7. The molecule has 0 aliphatic heterocycles. The summed E-state index contributed by atoms with van der Waals surface area (Å²) < 4.78 is 59.8. The molecule has 0 aromatic heterocycles. The van der Waals surface area contributed by atoms with Gasteiger partial charge < -0.3 is 10.1 Å². The van der Waals surface area contributed by atoms with Crippen LogP contribution in [0, 0.1) is 0 Å². The van der Waals surface area contributed by atoms with Crippen LogP contribution in [0.25, 0.3) is 0 Å². The first kappa shape index (κ1) is 29.5. The molecule has 0 aliphatic rings. The van der Waals surface area contributed by atoms with E-state index in [1.165, 1.54) is 63.7 Å². The largest absolute Gasteiger partial charge is 0.495 e. The van der Waals surface area contributed by atoms with E-state index in [1.54, 1.807) is 18.2 Å². The van der Waals surface area contributed by atoms with Crippen LogP contribution in [0.1, 0.15) is 10.4 Å². The normalized spacial score (nSPS) is 11.7. The molecule has 0 aliphatic carbocycles. The second-order valence-electron chi connectivity index (χ2n) is 8.03. The Morgan fingerprint density at radius 1 is 0.974 bits per heavy atom. The highest BCUT2D eigenvalue weighted by atomic mass is 35.5. The molecular formula is C25H25Cl2N3O6S2. The maximum absolute atomic E-state index is 13.7. The van der Waals surface area contributed by atoms with E-state index in [2.05, 4.69) is 11.9 Å². The molecule has 13 heteroatoms. The molecule has 1 amide bonds. The van der Waals surface area contributed by atoms with E-state index in [-0.39, 0.29) is 49.1 Å². The third-order valence-electron chi connectivity index (χ3n) is 5.38. The number of amides is 1. The Morgan fingerprint density at radius 2 is 1.66 bits per heavy atom. The summed E-state index contributed by atoms with van der Waals surface area (Å²) in [7, 11) is -3.96. The van der Waals surface area contributed by atoms with Gasteiger partial charge in [-0.1, -0.05) is 41.4 Å². The predicted molar refractivity (Wildman–Crippen MR) is 149 cm³/mol. The quantitative estimate of drug-likeness (QED) is 0.333. The Kier molecular flexibility index (Phi) is 9.11. The standard InChI is InChI=1S/C25H25Cl2N3O6S2/c1-5-14-30(22-9-7-6-8-19(22)26)38(34,35)24-15-17(10-12-20(24)27)25(31)28-21-16-18(11-13-23(21)36-4)37(32,33)29(2)3/h5-13,15-16H,1,14H2,2-4H3,(H,28,31). The van der Waals surface area contributed by atoms with Crippen LogP contribution in [0.3, 0.4) is 0 Å². The van der Waals surface area contributed by atoms with Crippen LogP contribution in [-0.4, -0.2) is 54.8 Å². The SMILES string of the molecule is C=CCN(c1ccccc1Cl)S(=O)(=O)c1cc(C(=O)Nc2cc(S(=O)(=O)N(C)C)ccc2OC)ccc1Cl. The van der Waals surface area contributed by atoms with Crippen LogP contribution in [-0.2, 0) is 20.0 Å². The van der Waals surface area contributed by atoms with Crippen molar-refractivity contribution in [2.75, 3.05) is 37.4 Å². The Hall–Kier alpha value is -3.09. The van der Waals surface area contributed by atoms with Gasteiger partial charge in [-0.15, -0.1) is 6.58 Å². The highest BCUT2D eigenvalue weighted by molar-refractivity contribution is 7.93. The molecule has 3 aromatic carbocycles. The molecule has 0 saturated carbocycles. The van der Waals surface area contributed by atoms with Crippen LogP contribution >= 0.6 is 23.2 Å². The van der Waals surface area contributed by atoms with Crippen LogP contribution in [0.2, 0.25) is 10.0 Å².